The summed E-state index contributed by atoms with van der Waals surface area (Å²) in [6.07, 6.45) is 0. The van der Waals surface area contributed by atoms with E-state index in [9.17, 15) is 4.79 Å². The van der Waals surface area contributed by atoms with Gasteiger partial charge < -0.3 is 5.32 Å². The van der Waals surface area contributed by atoms with Gasteiger partial charge in [-0.25, -0.2) is 0 Å². The summed E-state index contributed by atoms with van der Waals surface area (Å²) in [5, 5.41) is 15.4. The lowest BCUT2D eigenvalue weighted by molar-refractivity contribution is -0.115. The number of amides is 1. The van der Waals surface area contributed by atoms with E-state index in [0.717, 1.165) is 33.6 Å². The zero-order chi connectivity index (χ0) is 20.4. The Morgan fingerprint density at radius 2 is 1.68 bits per heavy atom. The second kappa shape index (κ2) is 8.14. The molecule has 1 aromatic heterocycles. The molecule has 28 heavy (non-hydrogen) atoms. The molecule has 7 heteroatoms. The van der Waals surface area contributed by atoms with Gasteiger partial charge in [0.05, 0.1) is 10.9 Å². The first-order valence-corrected chi connectivity index (χ1v) is 10.1. The summed E-state index contributed by atoms with van der Waals surface area (Å²) in [7, 11) is 0. The molecular formula is C21H25N5OS. The molecule has 0 bridgehead atoms. The summed E-state index contributed by atoms with van der Waals surface area (Å²) < 4.78 is 1.69. The highest BCUT2D eigenvalue weighted by Gasteiger charge is 2.21. The minimum atomic E-state index is -0.352. The fourth-order valence-corrected chi connectivity index (χ4v) is 3.97. The Kier molecular flexibility index (Phi) is 5.84. The number of anilines is 1. The van der Waals surface area contributed by atoms with E-state index >= 15 is 0 Å². The Labute approximate surface area is 169 Å². The lowest BCUT2D eigenvalue weighted by Crippen LogP contribution is -2.24. The van der Waals surface area contributed by atoms with Crippen molar-refractivity contribution in [2.45, 2.75) is 51.9 Å². The van der Waals surface area contributed by atoms with Crippen molar-refractivity contribution < 1.29 is 4.79 Å². The van der Waals surface area contributed by atoms with Gasteiger partial charge in [-0.15, -0.1) is 5.10 Å². The molecule has 1 amide bonds. The van der Waals surface area contributed by atoms with Crippen molar-refractivity contribution in [3.05, 3.63) is 58.1 Å². The van der Waals surface area contributed by atoms with Crippen LogP contribution in [-0.2, 0) is 4.79 Å². The molecule has 0 unspecified atom stereocenters. The van der Waals surface area contributed by atoms with Gasteiger partial charge in [0, 0.05) is 5.69 Å². The summed E-state index contributed by atoms with van der Waals surface area (Å²) >= 11 is 1.34. The second-order valence-corrected chi connectivity index (χ2v) is 8.49. The highest BCUT2D eigenvalue weighted by atomic mass is 32.2. The molecule has 0 aliphatic rings. The van der Waals surface area contributed by atoms with Crippen LogP contribution in [0.2, 0.25) is 0 Å². The van der Waals surface area contributed by atoms with E-state index in [4.69, 9.17) is 0 Å². The van der Waals surface area contributed by atoms with E-state index in [1.807, 2.05) is 46.8 Å². The molecule has 2 aromatic carbocycles. The van der Waals surface area contributed by atoms with Crippen LogP contribution in [0.5, 0.6) is 0 Å². The molecule has 0 aliphatic heterocycles. The number of tetrazole rings is 1. The fraction of sp³-hybridized carbons (Fsp3) is 0.333. The van der Waals surface area contributed by atoms with Crippen LogP contribution in [0.4, 0.5) is 5.69 Å². The number of nitrogens with one attached hydrogen (secondary N) is 1. The Hall–Kier alpha value is -2.67. The second-order valence-electron chi connectivity index (χ2n) is 7.19. The van der Waals surface area contributed by atoms with Gasteiger partial charge in [0.2, 0.25) is 11.1 Å². The van der Waals surface area contributed by atoms with E-state index in [-0.39, 0.29) is 11.2 Å². The summed E-state index contributed by atoms with van der Waals surface area (Å²) in [5.41, 5.74) is 7.29. The van der Waals surface area contributed by atoms with Gasteiger partial charge >= 0.3 is 0 Å². The van der Waals surface area contributed by atoms with Crippen molar-refractivity contribution in [2.24, 2.45) is 0 Å². The van der Waals surface area contributed by atoms with E-state index in [0.29, 0.717) is 5.16 Å². The molecule has 1 N–H and O–H groups in total. The van der Waals surface area contributed by atoms with Crippen LogP contribution < -0.4 is 5.32 Å². The molecule has 146 valence electrons. The molecule has 0 radical (unpaired) electrons. The molecule has 1 atom stereocenters. The predicted molar refractivity (Wildman–Crippen MR) is 113 cm³/mol. The quantitative estimate of drug-likeness (QED) is 0.651. The number of thioether (sulfide) groups is 1. The van der Waals surface area contributed by atoms with Gasteiger partial charge in [0.15, 0.2) is 0 Å². The largest absolute Gasteiger partial charge is 0.325 e. The number of rotatable bonds is 5. The highest BCUT2D eigenvalue weighted by molar-refractivity contribution is 8.00. The minimum absolute atomic E-state index is 0.0735. The summed E-state index contributed by atoms with van der Waals surface area (Å²) in [5.74, 6) is -0.0735. The average Bonchev–Trinajstić information content (AvgIpc) is 3.07. The van der Waals surface area contributed by atoms with Crippen LogP contribution in [-0.4, -0.2) is 31.4 Å². The maximum absolute atomic E-state index is 12.8. The number of aryl methyl sites for hydroxylation is 5. The van der Waals surface area contributed by atoms with Crippen LogP contribution in [0.15, 0.2) is 35.5 Å². The zero-order valence-corrected chi connectivity index (χ0v) is 17.9. The van der Waals surface area contributed by atoms with Crippen molar-refractivity contribution in [2.75, 3.05) is 5.32 Å². The lowest BCUT2D eigenvalue weighted by atomic mass is 10.1. The number of carbonyl (C=O) groups is 1. The third-order valence-corrected chi connectivity index (χ3v) is 5.64. The topological polar surface area (TPSA) is 72.7 Å². The zero-order valence-electron chi connectivity index (χ0n) is 17.1. The van der Waals surface area contributed by atoms with Crippen LogP contribution in [0.3, 0.4) is 0 Å². The summed E-state index contributed by atoms with van der Waals surface area (Å²) in [6.45, 7) is 12.0. The van der Waals surface area contributed by atoms with E-state index in [2.05, 4.69) is 46.0 Å². The number of hydrogen-bond acceptors (Lipinski definition) is 5. The Bertz CT molecular complexity index is 1000. The summed E-state index contributed by atoms with van der Waals surface area (Å²) in [6, 6.07) is 10.3. The van der Waals surface area contributed by atoms with Gasteiger partial charge in [0.25, 0.3) is 0 Å². The van der Waals surface area contributed by atoms with E-state index in [1.165, 1.54) is 17.3 Å². The maximum atomic E-state index is 12.8. The van der Waals surface area contributed by atoms with Crippen molar-refractivity contribution in [3.63, 3.8) is 0 Å². The Morgan fingerprint density at radius 3 is 2.36 bits per heavy atom. The van der Waals surface area contributed by atoms with Gasteiger partial charge in [0.1, 0.15) is 0 Å². The van der Waals surface area contributed by atoms with Crippen LogP contribution in [0, 0.1) is 34.6 Å². The van der Waals surface area contributed by atoms with E-state index in [1.54, 1.807) is 4.68 Å². The monoisotopic (exact) mass is 395 g/mol. The molecule has 3 rings (SSSR count). The first kappa shape index (κ1) is 20.1. The number of hydrogen-bond donors (Lipinski definition) is 1. The standard InChI is InChI=1S/C21H25N5OS/c1-12-7-8-14(3)18(11-12)26-21(23-24-25-26)28-17(6)20(27)22-19-15(4)9-13(2)10-16(19)5/h7-11,17H,1-6H3,(H,22,27)/t17-/m1/s1. The molecule has 0 aliphatic carbocycles. The first-order chi connectivity index (χ1) is 13.3. The minimum Gasteiger partial charge on any atom is -0.325 e. The van der Waals surface area contributed by atoms with Gasteiger partial charge in [-0.05, 0) is 80.3 Å². The lowest BCUT2D eigenvalue weighted by Gasteiger charge is -2.16. The number of aromatic nitrogens is 4. The van der Waals surface area contributed by atoms with Crippen molar-refractivity contribution in [3.8, 4) is 5.69 Å². The molecule has 3 aromatic rings. The molecule has 0 fully saturated rings. The molecule has 0 saturated carbocycles. The Balaban J connectivity index is 1.79. The fourth-order valence-electron chi connectivity index (χ4n) is 3.16. The first-order valence-electron chi connectivity index (χ1n) is 9.17. The average molecular weight is 396 g/mol. The summed E-state index contributed by atoms with van der Waals surface area (Å²) in [4.78, 5) is 12.8. The van der Waals surface area contributed by atoms with Crippen LogP contribution >= 0.6 is 11.8 Å². The Morgan fingerprint density at radius 1 is 1.00 bits per heavy atom. The van der Waals surface area contributed by atoms with Gasteiger partial charge in [-0.1, -0.05) is 41.6 Å². The molecular weight excluding hydrogens is 370 g/mol. The maximum Gasteiger partial charge on any atom is 0.237 e. The molecule has 0 saturated heterocycles. The predicted octanol–water partition coefficient (Wildman–Crippen LogP) is 4.32. The third-order valence-electron chi connectivity index (χ3n) is 4.61. The van der Waals surface area contributed by atoms with E-state index < -0.39 is 0 Å². The third kappa shape index (κ3) is 4.25. The van der Waals surface area contributed by atoms with Crippen LogP contribution in [0.25, 0.3) is 5.69 Å². The van der Waals surface area contributed by atoms with Crippen molar-refractivity contribution >= 4 is 23.4 Å². The van der Waals surface area contributed by atoms with Crippen LogP contribution in [0.1, 0.15) is 34.7 Å². The van der Waals surface area contributed by atoms with Gasteiger partial charge in [-0.2, -0.15) is 4.68 Å². The number of benzene rings is 2. The molecule has 1 heterocycles. The van der Waals surface area contributed by atoms with Crippen molar-refractivity contribution in [1.29, 1.82) is 0 Å². The number of nitrogens with zero attached hydrogens (tertiary/aromatic N) is 4. The molecule has 6 nitrogen and oxygen atoms in total. The molecule has 0 spiro atoms. The smallest absolute Gasteiger partial charge is 0.237 e. The van der Waals surface area contributed by atoms with Crippen molar-refractivity contribution in [1.82, 2.24) is 20.2 Å². The highest BCUT2D eigenvalue weighted by Crippen LogP contribution is 2.27. The SMILES string of the molecule is Cc1cc(C)c(NC(=O)[C@@H](C)Sc2nnnn2-c2cc(C)ccc2C)c(C)c1. The van der Waals surface area contributed by atoms with Gasteiger partial charge in [-0.3, -0.25) is 4.79 Å². The normalized spacial score (nSPS) is 12.1. The number of carbonyl (C=O) groups excluding carboxylic acids is 1.